The minimum absolute atomic E-state index is 0.0967. The van der Waals surface area contributed by atoms with E-state index in [1.165, 1.54) is 44.1 Å². The number of unbranched alkanes of at least 4 members (excludes halogenated alkanes) is 5. The van der Waals surface area contributed by atoms with Gasteiger partial charge < -0.3 is 4.74 Å². The lowest BCUT2D eigenvalue weighted by Crippen LogP contribution is -2.11. The smallest absolute Gasteiger partial charge is 0.159 e. The van der Waals surface area contributed by atoms with Gasteiger partial charge in [0, 0.05) is 18.0 Å². The predicted octanol–water partition coefficient (Wildman–Crippen LogP) is 6.17. The van der Waals surface area contributed by atoms with Crippen molar-refractivity contribution in [3.8, 4) is 17.1 Å². The molecule has 0 spiro atoms. The molecule has 4 heteroatoms. The Bertz CT molecular complexity index is 613. The third-order valence-corrected chi connectivity index (χ3v) is 4.51. The maximum Gasteiger partial charge on any atom is 0.159 e. The van der Waals surface area contributed by atoms with Crippen molar-refractivity contribution in [2.24, 2.45) is 0 Å². The molecule has 142 valence electrons. The van der Waals surface area contributed by atoms with Gasteiger partial charge in [-0.25, -0.2) is 14.4 Å². The zero-order valence-electron chi connectivity index (χ0n) is 16.1. The summed E-state index contributed by atoms with van der Waals surface area (Å²) in [5.41, 5.74) is 2.13. The van der Waals surface area contributed by atoms with Crippen molar-refractivity contribution < 1.29 is 9.13 Å². The SMILES string of the molecule is CCCCCCCCc1cnc(-c2ccc(OC[C@@H](F)CC)cc2)nc1. The molecule has 0 aliphatic rings. The third kappa shape index (κ3) is 7.11. The first-order valence-electron chi connectivity index (χ1n) is 9.91. The molecule has 0 N–H and O–H groups in total. The fourth-order valence-corrected chi connectivity index (χ4v) is 2.75. The van der Waals surface area contributed by atoms with E-state index in [2.05, 4.69) is 16.9 Å². The lowest BCUT2D eigenvalue weighted by molar-refractivity contribution is 0.192. The highest BCUT2D eigenvalue weighted by atomic mass is 19.1. The molecular weight excluding hydrogens is 327 g/mol. The molecule has 0 unspecified atom stereocenters. The Balaban J connectivity index is 1.80. The van der Waals surface area contributed by atoms with Crippen LogP contribution in [-0.2, 0) is 6.42 Å². The van der Waals surface area contributed by atoms with Gasteiger partial charge in [0.2, 0.25) is 0 Å². The van der Waals surface area contributed by atoms with E-state index in [9.17, 15) is 4.39 Å². The molecule has 0 radical (unpaired) electrons. The number of aromatic nitrogens is 2. The summed E-state index contributed by atoms with van der Waals surface area (Å²) in [4.78, 5) is 8.96. The van der Waals surface area contributed by atoms with Crippen molar-refractivity contribution in [3.05, 3.63) is 42.2 Å². The largest absolute Gasteiger partial charge is 0.491 e. The van der Waals surface area contributed by atoms with Gasteiger partial charge >= 0.3 is 0 Å². The fraction of sp³-hybridized carbons (Fsp3) is 0.545. The minimum atomic E-state index is -0.919. The van der Waals surface area contributed by atoms with E-state index < -0.39 is 6.17 Å². The molecule has 1 atom stereocenters. The zero-order valence-corrected chi connectivity index (χ0v) is 16.1. The molecule has 0 amide bonds. The van der Waals surface area contributed by atoms with Crippen LogP contribution in [0.2, 0.25) is 0 Å². The lowest BCUT2D eigenvalue weighted by Gasteiger charge is -2.09. The molecule has 0 aliphatic heterocycles. The molecule has 1 heterocycles. The second-order valence-corrected chi connectivity index (χ2v) is 6.77. The van der Waals surface area contributed by atoms with Crippen LogP contribution in [0.4, 0.5) is 4.39 Å². The maximum absolute atomic E-state index is 13.2. The highest BCUT2D eigenvalue weighted by Crippen LogP contribution is 2.20. The summed E-state index contributed by atoms with van der Waals surface area (Å²) in [6.45, 7) is 4.15. The number of halogens is 1. The summed E-state index contributed by atoms with van der Waals surface area (Å²) in [5.74, 6) is 1.38. The maximum atomic E-state index is 13.2. The topological polar surface area (TPSA) is 35.0 Å². The van der Waals surface area contributed by atoms with Gasteiger partial charge in [-0.15, -0.1) is 0 Å². The van der Waals surface area contributed by atoms with E-state index in [0.29, 0.717) is 18.0 Å². The minimum Gasteiger partial charge on any atom is -0.491 e. The van der Waals surface area contributed by atoms with E-state index in [1.54, 1.807) is 0 Å². The molecule has 0 fully saturated rings. The molecule has 0 saturated carbocycles. The van der Waals surface area contributed by atoms with Crippen molar-refractivity contribution in [2.75, 3.05) is 6.61 Å². The Kier molecular flexibility index (Phi) is 9.08. The highest BCUT2D eigenvalue weighted by Gasteiger charge is 2.06. The average Bonchev–Trinajstić information content (AvgIpc) is 2.69. The molecular formula is C22H31FN2O. The van der Waals surface area contributed by atoms with E-state index in [1.807, 2.05) is 43.6 Å². The predicted molar refractivity (Wildman–Crippen MR) is 105 cm³/mol. The zero-order chi connectivity index (χ0) is 18.6. The van der Waals surface area contributed by atoms with Gasteiger partial charge in [0.15, 0.2) is 5.82 Å². The quantitative estimate of drug-likeness (QED) is 0.425. The summed E-state index contributed by atoms with van der Waals surface area (Å²) >= 11 is 0. The van der Waals surface area contributed by atoms with Gasteiger partial charge in [0.25, 0.3) is 0 Å². The summed E-state index contributed by atoms with van der Waals surface area (Å²) in [6.07, 6.45) is 12.2. The van der Waals surface area contributed by atoms with Crippen LogP contribution < -0.4 is 4.74 Å². The van der Waals surface area contributed by atoms with Crippen LogP contribution in [0.5, 0.6) is 5.75 Å². The van der Waals surface area contributed by atoms with Gasteiger partial charge in [-0.3, -0.25) is 0 Å². The second-order valence-electron chi connectivity index (χ2n) is 6.77. The Hall–Kier alpha value is -1.97. The Labute approximate surface area is 157 Å². The van der Waals surface area contributed by atoms with Crippen LogP contribution in [0.1, 0.15) is 64.4 Å². The first kappa shape index (κ1) is 20.3. The van der Waals surface area contributed by atoms with E-state index >= 15 is 0 Å². The molecule has 0 aliphatic carbocycles. The third-order valence-electron chi connectivity index (χ3n) is 4.51. The highest BCUT2D eigenvalue weighted by molar-refractivity contribution is 5.55. The molecule has 26 heavy (non-hydrogen) atoms. The molecule has 2 aromatic rings. The lowest BCUT2D eigenvalue weighted by atomic mass is 10.1. The van der Waals surface area contributed by atoms with Crippen molar-refractivity contribution in [1.82, 2.24) is 9.97 Å². The molecule has 1 aromatic heterocycles. The Morgan fingerprint density at radius 2 is 1.58 bits per heavy atom. The standard InChI is InChI=1S/C22H31FN2O/c1-3-5-6-7-8-9-10-18-15-24-22(25-16-18)19-11-13-21(14-12-19)26-17-20(23)4-2/h11-16,20H,3-10,17H2,1-2H3/t20-/m0/s1. The second kappa shape index (κ2) is 11.6. The summed E-state index contributed by atoms with van der Waals surface area (Å²) in [6, 6.07) is 7.51. The van der Waals surface area contributed by atoms with Crippen LogP contribution in [-0.4, -0.2) is 22.7 Å². The summed E-state index contributed by atoms with van der Waals surface area (Å²) in [5, 5.41) is 0. The van der Waals surface area contributed by atoms with Crippen molar-refractivity contribution in [3.63, 3.8) is 0 Å². The van der Waals surface area contributed by atoms with Crippen LogP contribution >= 0.6 is 0 Å². The van der Waals surface area contributed by atoms with Crippen molar-refractivity contribution in [1.29, 1.82) is 0 Å². The normalized spacial score (nSPS) is 12.1. The van der Waals surface area contributed by atoms with Crippen LogP contribution in [0.25, 0.3) is 11.4 Å². The number of alkyl halides is 1. The van der Waals surface area contributed by atoms with Crippen molar-refractivity contribution in [2.45, 2.75) is 71.4 Å². The van der Waals surface area contributed by atoms with E-state index in [0.717, 1.165) is 12.0 Å². The van der Waals surface area contributed by atoms with E-state index in [-0.39, 0.29) is 6.61 Å². The molecule has 0 bridgehead atoms. The summed E-state index contributed by atoms with van der Waals surface area (Å²) in [7, 11) is 0. The summed E-state index contributed by atoms with van der Waals surface area (Å²) < 4.78 is 18.7. The van der Waals surface area contributed by atoms with Gasteiger partial charge in [0.1, 0.15) is 18.5 Å². The molecule has 0 saturated heterocycles. The van der Waals surface area contributed by atoms with Gasteiger partial charge in [-0.2, -0.15) is 0 Å². The van der Waals surface area contributed by atoms with Crippen LogP contribution in [0, 0.1) is 0 Å². The monoisotopic (exact) mass is 358 g/mol. The average molecular weight is 359 g/mol. The van der Waals surface area contributed by atoms with Crippen molar-refractivity contribution >= 4 is 0 Å². The molecule has 2 rings (SSSR count). The van der Waals surface area contributed by atoms with Gasteiger partial charge in [-0.05, 0) is 49.1 Å². The molecule has 1 aromatic carbocycles. The number of rotatable bonds is 12. The number of ether oxygens (including phenoxy) is 1. The molecule has 3 nitrogen and oxygen atoms in total. The van der Waals surface area contributed by atoms with E-state index in [4.69, 9.17) is 4.74 Å². The number of benzene rings is 1. The van der Waals surface area contributed by atoms with Crippen LogP contribution in [0.3, 0.4) is 0 Å². The number of hydrogen-bond donors (Lipinski definition) is 0. The number of nitrogens with zero attached hydrogens (tertiary/aromatic N) is 2. The van der Waals surface area contributed by atoms with Gasteiger partial charge in [0.05, 0.1) is 0 Å². The fourth-order valence-electron chi connectivity index (χ4n) is 2.75. The van der Waals surface area contributed by atoms with Crippen LogP contribution in [0.15, 0.2) is 36.7 Å². The van der Waals surface area contributed by atoms with Gasteiger partial charge in [-0.1, -0.05) is 46.0 Å². The first-order valence-corrected chi connectivity index (χ1v) is 9.91. The first-order chi connectivity index (χ1) is 12.7. The number of aryl methyl sites for hydroxylation is 1. The Morgan fingerprint density at radius 3 is 2.23 bits per heavy atom. The Morgan fingerprint density at radius 1 is 0.923 bits per heavy atom. The number of hydrogen-bond acceptors (Lipinski definition) is 3.